The van der Waals surface area contributed by atoms with E-state index in [1.807, 2.05) is 20.0 Å². The maximum atomic E-state index is 5.99. The van der Waals surface area contributed by atoms with Crippen LogP contribution in [0.15, 0.2) is 21.5 Å². The second kappa shape index (κ2) is 11.7. The second-order valence-corrected chi connectivity index (χ2v) is 7.95. The molecule has 0 amide bonds. The molecule has 3 aliphatic heterocycles. The van der Waals surface area contributed by atoms with Crippen LogP contribution in [0.2, 0.25) is 0 Å². The fourth-order valence-corrected chi connectivity index (χ4v) is 4.44. The van der Waals surface area contributed by atoms with Gasteiger partial charge in [0.15, 0.2) is 5.96 Å². The summed E-state index contributed by atoms with van der Waals surface area (Å²) >= 11 is 0. The third kappa shape index (κ3) is 5.87. The van der Waals surface area contributed by atoms with Crippen LogP contribution in [0.4, 0.5) is 0 Å². The number of halogens is 1. The van der Waals surface area contributed by atoms with Crippen molar-refractivity contribution >= 4 is 29.9 Å². The number of guanidine groups is 1. The molecule has 3 aliphatic rings. The number of aryl methyl sites for hydroxylation is 1. The molecule has 0 aliphatic carbocycles. The summed E-state index contributed by atoms with van der Waals surface area (Å²) in [6, 6.07) is 4.27. The molecule has 0 aromatic carbocycles. The fourth-order valence-electron chi connectivity index (χ4n) is 4.44. The van der Waals surface area contributed by atoms with E-state index in [0.717, 1.165) is 82.9 Å². The highest BCUT2D eigenvalue weighted by molar-refractivity contribution is 14.0. The van der Waals surface area contributed by atoms with Crippen LogP contribution in [-0.2, 0) is 14.2 Å². The van der Waals surface area contributed by atoms with Gasteiger partial charge in [-0.05, 0) is 31.9 Å². The molecule has 30 heavy (non-hydrogen) atoms. The lowest BCUT2D eigenvalue weighted by molar-refractivity contribution is -0.0817. The lowest BCUT2D eigenvalue weighted by atomic mass is 10.1. The molecular weight excluding hydrogens is 499 g/mol. The topological polar surface area (TPSA) is 71.7 Å². The molecular formula is C21H35IN4O4. The van der Waals surface area contributed by atoms with E-state index in [4.69, 9.17) is 18.6 Å². The van der Waals surface area contributed by atoms with E-state index in [0.29, 0.717) is 6.61 Å². The molecule has 3 saturated heterocycles. The van der Waals surface area contributed by atoms with Gasteiger partial charge < -0.3 is 28.8 Å². The zero-order valence-corrected chi connectivity index (χ0v) is 20.4. The zero-order valence-electron chi connectivity index (χ0n) is 18.0. The fraction of sp³-hybridized carbons (Fsp3) is 0.762. The smallest absolute Gasteiger partial charge is 0.193 e. The van der Waals surface area contributed by atoms with Gasteiger partial charge in [0, 0.05) is 46.4 Å². The summed E-state index contributed by atoms with van der Waals surface area (Å²) < 4.78 is 23.4. The van der Waals surface area contributed by atoms with E-state index in [-0.39, 0.29) is 42.2 Å². The highest BCUT2D eigenvalue weighted by Gasteiger charge is 2.33. The van der Waals surface area contributed by atoms with Gasteiger partial charge in [0.1, 0.15) is 17.6 Å². The monoisotopic (exact) mass is 534 g/mol. The van der Waals surface area contributed by atoms with Crippen LogP contribution >= 0.6 is 24.0 Å². The summed E-state index contributed by atoms with van der Waals surface area (Å²) in [5.41, 5.74) is 0. The van der Waals surface area contributed by atoms with Crippen molar-refractivity contribution in [3.05, 3.63) is 23.7 Å². The standard InChI is InChI=1S/C21H34N4O4.HI/c1-16-5-6-18(29-16)17(24-7-11-26-12-8-24)14-23-21(22-2)25-9-13-28-20(15-25)19-4-3-10-27-19;/h5-6,17,19-20H,3-4,7-15H2,1-2H3,(H,22,23);1H. The SMILES string of the molecule is CN=C(NCC(c1ccc(C)o1)N1CCOCC1)N1CCOC(C2CCCO2)C1.I. The summed E-state index contributed by atoms with van der Waals surface area (Å²) in [4.78, 5) is 9.27. The lowest BCUT2D eigenvalue weighted by Gasteiger charge is -2.38. The minimum absolute atomic E-state index is 0. The van der Waals surface area contributed by atoms with Crippen LogP contribution in [0, 0.1) is 6.92 Å². The van der Waals surface area contributed by atoms with Gasteiger partial charge in [-0.25, -0.2) is 0 Å². The number of morpholine rings is 2. The van der Waals surface area contributed by atoms with Crippen molar-refractivity contribution in [2.45, 2.75) is 38.0 Å². The van der Waals surface area contributed by atoms with Crippen molar-refractivity contribution in [2.75, 3.05) is 66.2 Å². The Bertz CT molecular complexity index is 674. The molecule has 0 spiro atoms. The van der Waals surface area contributed by atoms with Crippen LogP contribution in [-0.4, -0.2) is 94.2 Å². The Morgan fingerprint density at radius 2 is 1.93 bits per heavy atom. The first-order chi connectivity index (χ1) is 14.2. The normalized spacial score (nSPS) is 27.0. The van der Waals surface area contributed by atoms with E-state index < -0.39 is 0 Å². The molecule has 3 unspecified atom stereocenters. The molecule has 8 nitrogen and oxygen atoms in total. The van der Waals surface area contributed by atoms with E-state index in [1.54, 1.807) is 0 Å². The Hall–Kier alpha value is -0.880. The van der Waals surface area contributed by atoms with Gasteiger partial charge in [0.2, 0.25) is 0 Å². The third-order valence-electron chi connectivity index (χ3n) is 6.01. The third-order valence-corrected chi connectivity index (χ3v) is 6.01. The van der Waals surface area contributed by atoms with Gasteiger partial charge in [-0.15, -0.1) is 24.0 Å². The van der Waals surface area contributed by atoms with Gasteiger partial charge in [0.05, 0.1) is 32.0 Å². The molecule has 4 rings (SSSR count). The Kier molecular flexibility index (Phi) is 9.24. The maximum absolute atomic E-state index is 5.99. The van der Waals surface area contributed by atoms with Gasteiger partial charge in [-0.2, -0.15) is 0 Å². The van der Waals surface area contributed by atoms with Crippen molar-refractivity contribution in [3.63, 3.8) is 0 Å². The molecule has 3 fully saturated rings. The van der Waals surface area contributed by atoms with Crippen molar-refractivity contribution < 1.29 is 18.6 Å². The van der Waals surface area contributed by atoms with Crippen molar-refractivity contribution in [3.8, 4) is 0 Å². The summed E-state index contributed by atoms with van der Waals surface area (Å²) in [7, 11) is 1.85. The van der Waals surface area contributed by atoms with Gasteiger partial charge in [-0.1, -0.05) is 0 Å². The number of furan rings is 1. The molecule has 9 heteroatoms. The number of nitrogens with zero attached hydrogens (tertiary/aromatic N) is 3. The number of ether oxygens (including phenoxy) is 3. The molecule has 4 heterocycles. The largest absolute Gasteiger partial charge is 0.465 e. The second-order valence-electron chi connectivity index (χ2n) is 7.95. The Labute approximate surface area is 196 Å². The summed E-state index contributed by atoms with van der Waals surface area (Å²) in [5, 5.41) is 3.59. The summed E-state index contributed by atoms with van der Waals surface area (Å²) in [6.07, 6.45) is 2.54. The average Bonchev–Trinajstić information content (AvgIpc) is 3.44. The first-order valence-electron chi connectivity index (χ1n) is 10.8. The molecule has 0 saturated carbocycles. The number of aliphatic imine (C=N–C) groups is 1. The highest BCUT2D eigenvalue weighted by Crippen LogP contribution is 2.24. The zero-order chi connectivity index (χ0) is 20.1. The summed E-state index contributed by atoms with van der Waals surface area (Å²) in [5.74, 6) is 2.85. The Morgan fingerprint density at radius 3 is 2.60 bits per heavy atom. The van der Waals surface area contributed by atoms with Crippen molar-refractivity contribution in [1.82, 2.24) is 15.1 Å². The van der Waals surface area contributed by atoms with E-state index in [2.05, 4.69) is 26.2 Å². The molecule has 1 N–H and O–H groups in total. The predicted octanol–water partition coefficient (Wildman–Crippen LogP) is 2.03. The Balaban J connectivity index is 0.00000256. The lowest BCUT2D eigenvalue weighted by Crippen LogP contribution is -2.54. The predicted molar refractivity (Wildman–Crippen MR) is 126 cm³/mol. The quantitative estimate of drug-likeness (QED) is 0.352. The Morgan fingerprint density at radius 1 is 1.13 bits per heavy atom. The van der Waals surface area contributed by atoms with Crippen LogP contribution in [0.5, 0.6) is 0 Å². The number of hydrogen-bond donors (Lipinski definition) is 1. The maximum Gasteiger partial charge on any atom is 0.193 e. The van der Waals surface area contributed by atoms with Crippen LogP contribution in [0.3, 0.4) is 0 Å². The van der Waals surface area contributed by atoms with Crippen molar-refractivity contribution in [1.29, 1.82) is 0 Å². The van der Waals surface area contributed by atoms with Gasteiger partial charge in [-0.3, -0.25) is 9.89 Å². The number of hydrogen-bond acceptors (Lipinski definition) is 6. The minimum Gasteiger partial charge on any atom is -0.465 e. The first kappa shape index (κ1) is 23.8. The number of nitrogens with one attached hydrogen (secondary N) is 1. The van der Waals surface area contributed by atoms with Crippen molar-refractivity contribution in [2.24, 2.45) is 4.99 Å². The van der Waals surface area contributed by atoms with Gasteiger partial charge in [0.25, 0.3) is 0 Å². The molecule has 170 valence electrons. The van der Waals surface area contributed by atoms with Crippen LogP contribution in [0.25, 0.3) is 0 Å². The minimum atomic E-state index is 0. The molecule has 1 aromatic heterocycles. The molecule has 0 bridgehead atoms. The van der Waals surface area contributed by atoms with E-state index >= 15 is 0 Å². The van der Waals surface area contributed by atoms with Gasteiger partial charge >= 0.3 is 0 Å². The first-order valence-corrected chi connectivity index (χ1v) is 10.8. The molecule has 3 atom stereocenters. The van der Waals surface area contributed by atoms with Crippen LogP contribution < -0.4 is 5.32 Å². The van der Waals surface area contributed by atoms with E-state index in [1.165, 1.54) is 0 Å². The highest BCUT2D eigenvalue weighted by atomic mass is 127. The summed E-state index contributed by atoms with van der Waals surface area (Å²) in [6.45, 7) is 9.27. The number of rotatable bonds is 5. The molecule has 1 aromatic rings. The van der Waals surface area contributed by atoms with Crippen LogP contribution in [0.1, 0.15) is 30.4 Å². The van der Waals surface area contributed by atoms with E-state index in [9.17, 15) is 0 Å². The molecule has 0 radical (unpaired) electrons. The average molecular weight is 534 g/mol.